The summed E-state index contributed by atoms with van der Waals surface area (Å²) in [6.45, 7) is 3.70. The highest BCUT2D eigenvalue weighted by atomic mass is 35.5. The number of nitrogens with one attached hydrogen (secondary N) is 1. The van der Waals surface area contributed by atoms with Crippen LogP contribution in [0.1, 0.15) is 17.0 Å². The minimum atomic E-state index is -0.219. The number of hydrogen-bond acceptors (Lipinski definition) is 4. The van der Waals surface area contributed by atoms with Crippen LogP contribution >= 0.6 is 11.6 Å². The number of hydrogen-bond donors (Lipinski definition) is 1. The second kappa shape index (κ2) is 5.75. The Morgan fingerprint density at radius 2 is 2.16 bits per heavy atom. The molecule has 1 N–H and O–H groups in total. The van der Waals surface area contributed by atoms with E-state index in [-0.39, 0.29) is 18.3 Å². The third-order valence-electron chi connectivity index (χ3n) is 2.52. The second-order valence-corrected chi connectivity index (χ2v) is 4.53. The molecule has 1 amide bonds. The van der Waals surface area contributed by atoms with Crippen molar-refractivity contribution in [2.75, 3.05) is 5.32 Å². The van der Waals surface area contributed by atoms with Crippen LogP contribution in [-0.2, 0) is 11.2 Å². The molecule has 0 radical (unpaired) electrons. The topological polar surface area (TPSA) is 67.8 Å². The summed E-state index contributed by atoms with van der Waals surface area (Å²) in [6.07, 6.45) is 1.84. The number of aryl methyl sites for hydroxylation is 2. The molecule has 2 aromatic heterocycles. The minimum absolute atomic E-state index is 0.182. The number of aromatic nitrogens is 3. The van der Waals surface area contributed by atoms with Gasteiger partial charge < -0.3 is 0 Å². The van der Waals surface area contributed by atoms with E-state index in [4.69, 9.17) is 11.6 Å². The van der Waals surface area contributed by atoms with Gasteiger partial charge in [-0.1, -0.05) is 17.7 Å². The highest BCUT2D eigenvalue weighted by Crippen LogP contribution is 2.10. The molecule has 0 unspecified atom stereocenters. The zero-order chi connectivity index (χ0) is 13.8. The third-order valence-corrected chi connectivity index (χ3v) is 2.71. The molecule has 0 bridgehead atoms. The predicted molar refractivity (Wildman–Crippen MR) is 73.1 cm³/mol. The van der Waals surface area contributed by atoms with Crippen LogP contribution in [0.2, 0.25) is 5.15 Å². The lowest BCUT2D eigenvalue weighted by atomic mass is 10.1. The first-order valence-electron chi connectivity index (χ1n) is 5.76. The van der Waals surface area contributed by atoms with Crippen molar-refractivity contribution in [2.45, 2.75) is 20.3 Å². The highest BCUT2D eigenvalue weighted by Gasteiger charge is 2.09. The number of carbonyl (C=O) groups is 1. The predicted octanol–water partition coefficient (Wildman–Crippen LogP) is 2.32. The molecule has 0 aromatic carbocycles. The molecule has 19 heavy (non-hydrogen) atoms. The van der Waals surface area contributed by atoms with Gasteiger partial charge in [-0.3, -0.25) is 15.1 Å². The van der Waals surface area contributed by atoms with Crippen LogP contribution in [0.15, 0.2) is 24.4 Å². The summed E-state index contributed by atoms with van der Waals surface area (Å²) < 4.78 is 0. The van der Waals surface area contributed by atoms with Crippen molar-refractivity contribution in [1.29, 1.82) is 0 Å². The summed E-state index contributed by atoms with van der Waals surface area (Å²) in [7, 11) is 0. The number of nitrogens with zero attached hydrogens (tertiary/aromatic N) is 3. The Hall–Kier alpha value is -2.01. The molecule has 0 fully saturated rings. The zero-order valence-corrected chi connectivity index (χ0v) is 11.4. The fraction of sp³-hybridized carbons (Fsp3) is 0.231. The Balaban J connectivity index is 2.07. The molecule has 0 atom stereocenters. The van der Waals surface area contributed by atoms with Gasteiger partial charge >= 0.3 is 0 Å². The van der Waals surface area contributed by atoms with Gasteiger partial charge in [-0.25, -0.2) is 9.97 Å². The average Bonchev–Trinajstić information content (AvgIpc) is 2.30. The molecule has 0 saturated heterocycles. The summed E-state index contributed by atoms with van der Waals surface area (Å²) in [5.74, 6) is -0.00736. The van der Waals surface area contributed by atoms with Crippen LogP contribution in [0.5, 0.6) is 0 Å². The molecular formula is C13H13ClN4O. The van der Waals surface area contributed by atoms with Gasteiger partial charge in [0.2, 0.25) is 11.9 Å². The van der Waals surface area contributed by atoms with Crippen LogP contribution in [0.4, 0.5) is 5.95 Å². The van der Waals surface area contributed by atoms with Gasteiger partial charge in [-0.15, -0.1) is 0 Å². The molecule has 0 saturated carbocycles. The van der Waals surface area contributed by atoms with E-state index in [1.54, 1.807) is 19.2 Å². The number of amides is 1. The van der Waals surface area contributed by atoms with Gasteiger partial charge in [-0.2, -0.15) is 0 Å². The van der Waals surface area contributed by atoms with Crippen molar-refractivity contribution in [3.05, 3.63) is 46.5 Å². The maximum Gasteiger partial charge on any atom is 0.232 e. The standard InChI is InChI=1S/C13H13ClN4O/c1-8-4-3-5-15-10(8)7-12(19)18-13-16-9(2)6-11(14)17-13/h3-6H,7H2,1-2H3,(H,16,17,18,19). The van der Waals surface area contributed by atoms with Crippen LogP contribution in [-0.4, -0.2) is 20.9 Å². The summed E-state index contributed by atoms with van der Waals surface area (Å²) in [5, 5.41) is 2.92. The van der Waals surface area contributed by atoms with E-state index in [9.17, 15) is 4.79 Å². The lowest BCUT2D eigenvalue weighted by molar-refractivity contribution is -0.115. The van der Waals surface area contributed by atoms with Crippen molar-refractivity contribution < 1.29 is 4.79 Å². The summed E-state index contributed by atoms with van der Waals surface area (Å²) >= 11 is 5.80. The molecule has 2 aromatic rings. The normalized spacial score (nSPS) is 10.3. The number of pyridine rings is 1. The van der Waals surface area contributed by atoms with Crippen molar-refractivity contribution in [3.63, 3.8) is 0 Å². The molecule has 98 valence electrons. The number of carbonyl (C=O) groups excluding carboxylic acids is 1. The van der Waals surface area contributed by atoms with Gasteiger partial charge in [0.15, 0.2) is 0 Å². The highest BCUT2D eigenvalue weighted by molar-refractivity contribution is 6.29. The molecule has 6 heteroatoms. The fourth-order valence-corrected chi connectivity index (χ4v) is 1.85. The maximum absolute atomic E-state index is 11.9. The van der Waals surface area contributed by atoms with E-state index in [1.165, 1.54) is 0 Å². The van der Waals surface area contributed by atoms with E-state index in [2.05, 4.69) is 20.3 Å². The Bertz CT molecular complexity index is 595. The van der Waals surface area contributed by atoms with E-state index < -0.39 is 0 Å². The fourth-order valence-electron chi connectivity index (χ4n) is 1.61. The monoisotopic (exact) mass is 276 g/mol. The second-order valence-electron chi connectivity index (χ2n) is 4.15. The number of anilines is 1. The lowest BCUT2D eigenvalue weighted by Gasteiger charge is -2.06. The first kappa shape index (κ1) is 13.4. The summed E-state index contributed by atoms with van der Waals surface area (Å²) in [5.41, 5.74) is 2.41. The minimum Gasteiger partial charge on any atom is -0.294 e. The molecule has 0 aliphatic heterocycles. The van der Waals surface area contributed by atoms with Gasteiger partial charge in [0.05, 0.1) is 12.1 Å². The van der Waals surface area contributed by atoms with E-state index in [0.29, 0.717) is 10.8 Å². The molecule has 2 rings (SSSR count). The van der Waals surface area contributed by atoms with Crippen LogP contribution < -0.4 is 5.32 Å². The Labute approximate surface area is 116 Å². The van der Waals surface area contributed by atoms with Gasteiger partial charge in [-0.05, 0) is 31.5 Å². The van der Waals surface area contributed by atoms with Crippen LogP contribution in [0.3, 0.4) is 0 Å². The SMILES string of the molecule is Cc1cc(Cl)nc(NC(=O)Cc2ncccc2C)n1. The molecule has 0 aliphatic rings. The third kappa shape index (κ3) is 3.72. The van der Waals surface area contributed by atoms with Crippen molar-refractivity contribution in [1.82, 2.24) is 15.0 Å². The van der Waals surface area contributed by atoms with Gasteiger partial charge in [0.25, 0.3) is 0 Å². The van der Waals surface area contributed by atoms with Crippen LogP contribution in [0, 0.1) is 13.8 Å². The Kier molecular flexibility index (Phi) is 4.06. The van der Waals surface area contributed by atoms with E-state index in [1.807, 2.05) is 19.1 Å². The molecular weight excluding hydrogens is 264 g/mol. The van der Waals surface area contributed by atoms with Gasteiger partial charge in [0, 0.05) is 11.9 Å². The largest absolute Gasteiger partial charge is 0.294 e. The first-order valence-corrected chi connectivity index (χ1v) is 6.14. The van der Waals surface area contributed by atoms with Crippen molar-refractivity contribution >= 4 is 23.5 Å². The lowest BCUT2D eigenvalue weighted by Crippen LogP contribution is -2.17. The molecule has 0 spiro atoms. The molecule has 0 aliphatic carbocycles. The van der Waals surface area contributed by atoms with E-state index in [0.717, 1.165) is 11.3 Å². The zero-order valence-electron chi connectivity index (χ0n) is 10.6. The molecule has 5 nitrogen and oxygen atoms in total. The smallest absolute Gasteiger partial charge is 0.232 e. The number of rotatable bonds is 3. The number of halogens is 1. The van der Waals surface area contributed by atoms with Gasteiger partial charge in [0.1, 0.15) is 5.15 Å². The van der Waals surface area contributed by atoms with Crippen molar-refractivity contribution in [3.8, 4) is 0 Å². The van der Waals surface area contributed by atoms with Crippen LogP contribution in [0.25, 0.3) is 0 Å². The van der Waals surface area contributed by atoms with E-state index >= 15 is 0 Å². The average molecular weight is 277 g/mol. The summed E-state index contributed by atoms with van der Waals surface area (Å²) in [6, 6.07) is 5.37. The Morgan fingerprint density at radius 3 is 2.84 bits per heavy atom. The first-order chi connectivity index (χ1) is 9.04. The molecule has 2 heterocycles. The Morgan fingerprint density at radius 1 is 1.37 bits per heavy atom. The van der Waals surface area contributed by atoms with Crippen molar-refractivity contribution in [2.24, 2.45) is 0 Å². The quantitative estimate of drug-likeness (QED) is 0.874. The summed E-state index contributed by atoms with van der Waals surface area (Å²) in [4.78, 5) is 24.1. The maximum atomic E-state index is 11.9.